The molecule has 0 radical (unpaired) electrons. The van der Waals surface area contributed by atoms with Crippen LogP contribution in [0.4, 0.5) is 30.5 Å². The van der Waals surface area contributed by atoms with E-state index in [9.17, 15) is 13.2 Å². The van der Waals surface area contributed by atoms with Crippen molar-refractivity contribution >= 4 is 23.3 Å². The highest BCUT2D eigenvalue weighted by Gasteiger charge is 2.38. The molecule has 39 heavy (non-hydrogen) atoms. The van der Waals surface area contributed by atoms with Crippen LogP contribution in [0.25, 0.3) is 0 Å². The fourth-order valence-electron chi connectivity index (χ4n) is 5.37. The number of hydrogen-bond acceptors (Lipinski definition) is 4. The Morgan fingerprint density at radius 3 is 2.18 bits per heavy atom. The summed E-state index contributed by atoms with van der Waals surface area (Å²) in [6, 6.07) is 11.5. The zero-order valence-electron chi connectivity index (χ0n) is 23.9. The number of carbonyl (C=O) groups is 1. The molecule has 0 atom stereocenters. The first-order chi connectivity index (χ1) is 18.2. The first kappa shape index (κ1) is 30.1. The predicted molar refractivity (Wildman–Crippen MR) is 150 cm³/mol. The van der Waals surface area contributed by atoms with E-state index in [4.69, 9.17) is 15.0 Å². The summed E-state index contributed by atoms with van der Waals surface area (Å²) >= 11 is 0. The molecule has 2 heterocycles. The molecule has 2 aromatic carbocycles. The molecule has 0 fully saturated rings. The molecule has 1 aromatic heterocycles. The van der Waals surface area contributed by atoms with Crippen molar-refractivity contribution in [1.29, 1.82) is 0 Å². The Bertz CT molecular complexity index is 1310. The van der Waals surface area contributed by atoms with Crippen molar-refractivity contribution < 1.29 is 23.1 Å². The van der Waals surface area contributed by atoms with Gasteiger partial charge in [-0.05, 0) is 81.7 Å². The zero-order valence-corrected chi connectivity index (χ0v) is 23.9. The lowest BCUT2D eigenvalue weighted by atomic mass is 10.00. The van der Waals surface area contributed by atoms with Crippen LogP contribution in [-0.2, 0) is 24.8 Å². The van der Waals surface area contributed by atoms with Crippen molar-refractivity contribution in [1.82, 2.24) is 9.78 Å². The van der Waals surface area contributed by atoms with Crippen molar-refractivity contribution in [2.75, 3.05) is 22.9 Å². The third-order valence-corrected chi connectivity index (χ3v) is 7.04. The lowest BCUT2D eigenvalue weighted by Crippen LogP contribution is -2.29. The number of hydrogen-bond donors (Lipinski definition) is 1. The largest absolute Gasteiger partial charge is 0.490 e. The summed E-state index contributed by atoms with van der Waals surface area (Å²) in [5.74, 6) is -0.329. The molecule has 0 spiro atoms. The molecular weight excluding hydrogens is 505 g/mol. The summed E-state index contributed by atoms with van der Waals surface area (Å²) in [5, 5.41) is 12.2. The maximum absolute atomic E-state index is 10.6. The van der Waals surface area contributed by atoms with Gasteiger partial charge in [0, 0.05) is 37.9 Å². The summed E-state index contributed by atoms with van der Waals surface area (Å²) in [4.78, 5) is 13.9. The number of nitrogens with zero attached hydrogens (tertiary/aromatic N) is 4. The van der Waals surface area contributed by atoms with Crippen molar-refractivity contribution in [3.05, 3.63) is 69.3 Å². The van der Waals surface area contributed by atoms with Crippen LogP contribution in [0.3, 0.4) is 0 Å². The molecule has 0 amide bonds. The van der Waals surface area contributed by atoms with Crippen LogP contribution < -0.4 is 9.80 Å². The second-order valence-corrected chi connectivity index (χ2v) is 10.4. The molecule has 1 aliphatic rings. The van der Waals surface area contributed by atoms with Crippen molar-refractivity contribution in [3.63, 3.8) is 0 Å². The topological polar surface area (TPSA) is 61.6 Å². The Kier molecular flexibility index (Phi) is 9.35. The van der Waals surface area contributed by atoms with Gasteiger partial charge in [-0.15, -0.1) is 0 Å². The maximum Gasteiger partial charge on any atom is 0.490 e. The zero-order chi connectivity index (χ0) is 29.1. The normalized spacial score (nSPS) is 13.0. The predicted octanol–water partition coefficient (Wildman–Crippen LogP) is 7.10. The molecule has 0 unspecified atom stereocenters. The number of fused-ring (bicyclic) bond motifs is 1. The second-order valence-electron chi connectivity index (χ2n) is 10.4. The minimum absolute atomic E-state index is 0.920. The third kappa shape index (κ3) is 6.94. The summed E-state index contributed by atoms with van der Waals surface area (Å²) in [5.41, 5.74) is 10.8. The van der Waals surface area contributed by atoms with Crippen molar-refractivity contribution in [3.8, 4) is 0 Å². The molecular formula is C30H39F3N4O2. The van der Waals surface area contributed by atoms with Crippen LogP contribution in [0, 0.1) is 34.6 Å². The Hall–Kier alpha value is -3.49. The molecule has 3 aromatic rings. The van der Waals surface area contributed by atoms with E-state index in [2.05, 4.69) is 93.4 Å². The Balaban J connectivity index is 0.000000532. The van der Waals surface area contributed by atoms with Gasteiger partial charge < -0.3 is 14.9 Å². The highest BCUT2D eigenvalue weighted by molar-refractivity contribution is 5.74. The number of rotatable bonds is 6. The van der Waals surface area contributed by atoms with E-state index in [0.29, 0.717) is 0 Å². The molecule has 6 nitrogen and oxygen atoms in total. The number of anilines is 3. The molecule has 0 bridgehead atoms. The van der Waals surface area contributed by atoms with Gasteiger partial charge in [-0.2, -0.15) is 18.3 Å². The van der Waals surface area contributed by atoms with E-state index in [1.807, 2.05) is 0 Å². The molecule has 212 valence electrons. The quantitative estimate of drug-likeness (QED) is 0.359. The minimum atomic E-state index is -5.08. The highest BCUT2D eigenvalue weighted by Crippen LogP contribution is 2.41. The number of aryl methyl sites for hydroxylation is 6. The van der Waals surface area contributed by atoms with E-state index in [-0.39, 0.29) is 0 Å². The Morgan fingerprint density at radius 2 is 1.64 bits per heavy atom. The monoisotopic (exact) mass is 544 g/mol. The Morgan fingerprint density at radius 1 is 1.03 bits per heavy atom. The summed E-state index contributed by atoms with van der Waals surface area (Å²) in [6.07, 6.45) is -1.72. The number of carboxylic acids is 1. The average Bonchev–Trinajstić information content (AvgIpc) is 3.17. The average molecular weight is 545 g/mol. The van der Waals surface area contributed by atoms with E-state index in [1.165, 1.54) is 50.4 Å². The van der Waals surface area contributed by atoms with Crippen LogP contribution in [0.2, 0.25) is 0 Å². The van der Waals surface area contributed by atoms with Crippen molar-refractivity contribution in [2.24, 2.45) is 7.05 Å². The summed E-state index contributed by atoms with van der Waals surface area (Å²) < 4.78 is 33.9. The van der Waals surface area contributed by atoms with Gasteiger partial charge >= 0.3 is 12.1 Å². The first-order valence-corrected chi connectivity index (χ1v) is 13.3. The van der Waals surface area contributed by atoms with Gasteiger partial charge in [-0.25, -0.2) is 4.79 Å². The number of alkyl halides is 3. The van der Waals surface area contributed by atoms with E-state index in [0.717, 1.165) is 44.7 Å². The minimum Gasteiger partial charge on any atom is -0.475 e. The molecule has 1 aliphatic heterocycles. The van der Waals surface area contributed by atoms with Gasteiger partial charge in [0.25, 0.3) is 0 Å². The van der Waals surface area contributed by atoms with Gasteiger partial charge in [0.1, 0.15) is 5.82 Å². The first-order valence-electron chi connectivity index (χ1n) is 13.3. The summed E-state index contributed by atoms with van der Waals surface area (Å²) in [7, 11) is 2.11. The lowest BCUT2D eigenvalue weighted by Gasteiger charge is -2.32. The van der Waals surface area contributed by atoms with Gasteiger partial charge in [-0.3, -0.25) is 4.68 Å². The number of aromatic nitrogens is 2. The molecule has 9 heteroatoms. The number of aliphatic carboxylic acids is 1. The van der Waals surface area contributed by atoms with E-state index in [1.54, 1.807) is 0 Å². The lowest BCUT2D eigenvalue weighted by molar-refractivity contribution is -0.192. The van der Waals surface area contributed by atoms with Crippen molar-refractivity contribution in [2.45, 2.75) is 73.5 Å². The smallest absolute Gasteiger partial charge is 0.475 e. The molecule has 0 aliphatic carbocycles. The van der Waals surface area contributed by atoms with Crippen LogP contribution in [0.5, 0.6) is 0 Å². The number of carboxylic acid groups (broad SMARTS) is 1. The standard InChI is InChI=1S/C28H38N4.C2HF3O2/c1-8-13-31(18-24-12-11-20(3)21(4)17-24)28-25-10-9-14-32(27(25)29-30(28)7)26-22(5)15-19(2)16-23(26)6;3-2(4,5)1(6)7/h11-12,15-17H,8-10,13-14,18H2,1-7H3;(H,6,7). The van der Waals surface area contributed by atoms with Crippen LogP contribution in [0.1, 0.15) is 58.7 Å². The molecule has 0 saturated heterocycles. The summed E-state index contributed by atoms with van der Waals surface area (Å²) in [6.45, 7) is 16.3. The van der Waals surface area contributed by atoms with Crippen LogP contribution in [-0.4, -0.2) is 40.1 Å². The van der Waals surface area contributed by atoms with Crippen LogP contribution in [0.15, 0.2) is 30.3 Å². The van der Waals surface area contributed by atoms with Gasteiger partial charge in [0.2, 0.25) is 0 Å². The SMILES string of the molecule is CCCN(Cc1ccc(C)c(C)c1)c1c2c(nn1C)N(c1c(C)cc(C)cc1C)CCC2.O=C(O)C(F)(F)F. The van der Waals surface area contributed by atoms with Gasteiger partial charge in [0.05, 0.1) is 0 Å². The van der Waals surface area contributed by atoms with E-state index >= 15 is 0 Å². The maximum atomic E-state index is 10.6. The highest BCUT2D eigenvalue weighted by atomic mass is 19.4. The third-order valence-electron chi connectivity index (χ3n) is 7.04. The van der Waals surface area contributed by atoms with E-state index < -0.39 is 12.1 Å². The van der Waals surface area contributed by atoms with Gasteiger partial charge in [-0.1, -0.05) is 42.8 Å². The second kappa shape index (κ2) is 12.1. The molecule has 1 N–H and O–H groups in total. The number of halogens is 3. The molecule has 4 rings (SSSR count). The van der Waals surface area contributed by atoms with Gasteiger partial charge in [0.15, 0.2) is 5.82 Å². The number of benzene rings is 2. The molecule has 0 saturated carbocycles. The Labute approximate surface area is 229 Å². The fraction of sp³-hybridized carbons (Fsp3) is 0.467. The fourth-order valence-corrected chi connectivity index (χ4v) is 5.37. The van der Waals surface area contributed by atoms with Crippen LogP contribution >= 0.6 is 0 Å².